The van der Waals surface area contributed by atoms with Crippen molar-refractivity contribution in [3.05, 3.63) is 125 Å². The number of likely N-dealkylation sites (tertiary alicyclic amines) is 1. The second kappa shape index (κ2) is 21.5. The zero-order valence-corrected chi connectivity index (χ0v) is 45.6. The van der Waals surface area contributed by atoms with Crippen LogP contribution in [0.4, 0.5) is 14.6 Å². The monoisotopic (exact) mass is 1100 g/mol. The number of fused-ring (bicyclic) bond motifs is 4. The number of aromatic nitrogens is 8. The summed E-state index contributed by atoms with van der Waals surface area (Å²) in [6.07, 6.45) is 8.49. The molecule has 5 fully saturated rings. The van der Waals surface area contributed by atoms with Crippen molar-refractivity contribution in [1.29, 1.82) is 0 Å². The van der Waals surface area contributed by atoms with Crippen LogP contribution in [0.3, 0.4) is 0 Å². The van der Waals surface area contributed by atoms with E-state index in [1.165, 1.54) is 29.3 Å². The minimum Gasteiger partial charge on any atom is -0.486 e. The van der Waals surface area contributed by atoms with Gasteiger partial charge in [0.15, 0.2) is 5.75 Å². The summed E-state index contributed by atoms with van der Waals surface area (Å²) in [7, 11) is 0. The number of β-amino-alcohol motifs (C(OH)–C–C–N with tert-alkyl or cyclic N) is 1. The molecule has 418 valence electrons. The van der Waals surface area contributed by atoms with E-state index in [-0.39, 0.29) is 67.0 Å². The van der Waals surface area contributed by atoms with Gasteiger partial charge in [-0.1, -0.05) is 67.6 Å². The van der Waals surface area contributed by atoms with Crippen molar-refractivity contribution in [1.82, 2.24) is 55.7 Å². The number of H-pyrrole nitrogens is 1. The molecule has 2 amide bonds. The van der Waals surface area contributed by atoms with Crippen molar-refractivity contribution in [3.63, 3.8) is 0 Å². The number of hydrogen-bond acceptors (Lipinski definition) is 14. The van der Waals surface area contributed by atoms with Gasteiger partial charge in [-0.2, -0.15) is 15.1 Å². The Labute approximate surface area is 466 Å². The highest BCUT2D eigenvalue weighted by molar-refractivity contribution is 6.06. The fourth-order valence-electron chi connectivity index (χ4n) is 12.4. The number of aliphatic hydroxyl groups excluding tert-OH is 1. The molecular weight excluding hydrogens is 1030 g/mol. The Morgan fingerprint density at radius 2 is 1.70 bits per heavy atom. The Kier molecular flexibility index (Phi) is 13.9. The third-order valence-electron chi connectivity index (χ3n) is 16.9. The molecule has 20 heteroatoms. The van der Waals surface area contributed by atoms with Gasteiger partial charge in [-0.3, -0.25) is 19.7 Å². The number of halogens is 2. The quantitative estimate of drug-likeness (QED) is 0.0714. The van der Waals surface area contributed by atoms with E-state index >= 15 is 4.39 Å². The molecule has 18 nitrogen and oxygen atoms in total. The maximum absolute atomic E-state index is 16.1. The van der Waals surface area contributed by atoms with Crippen LogP contribution in [0.2, 0.25) is 0 Å². The van der Waals surface area contributed by atoms with Crippen molar-refractivity contribution in [2.24, 2.45) is 5.92 Å². The van der Waals surface area contributed by atoms with Gasteiger partial charge in [0, 0.05) is 90.2 Å². The normalized spacial score (nSPS) is 20.9. The zero-order valence-electron chi connectivity index (χ0n) is 45.6. The van der Waals surface area contributed by atoms with Crippen LogP contribution >= 0.6 is 0 Å². The Balaban J connectivity index is 0.780. The van der Waals surface area contributed by atoms with E-state index in [1.54, 1.807) is 41.3 Å². The fraction of sp³-hybridized carbons (Fsp3) is 0.410. The fourth-order valence-corrected chi connectivity index (χ4v) is 12.4. The second-order valence-corrected chi connectivity index (χ2v) is 22.8. The summed E-state index contributed by atoms with van der Waals surface area (Å²) in [6.45, 7) is 10.4. The maximum Gasteiger partial charge on any atom is 0.319 e. The molecule has 8 heterocycles. The van der Waals surface area contributed by atoms with Gasteiger partial charge in [-0.05, 0) is 91.5 Å². The van der Waals surface area contributed by atoms with Crippen LogP contribution in [-0.2, 0) is 20.9 Å². The minimum atomic E-state index is -0.926. The summed E-state index contributed by atoms with van der Waals surface area (Å²) < 4.78 is 51.6. The molecule has 81 heavy (non-hydrogen) atoms. The first-order valence-electron chi connectivity index (χ1n) is 28.2. The number of amides is 2. The Morgan fingerprint density at radius 3 is 2.43 bits per heavy atom. The standard InChI is InChI=1S/C61H64F2N12O6/c1-32(2)56(60(78)74-29-42(76)23-51(74)59(77)67-34(4)36-11-15-39(16-12-36)54-47(62)6-5-19-64-54)75-30-50(71-72-75)38-9-7-35(8-10-38)31-80-57-53(52-33(3)48(63)25-49-46(52)27-66-70-49)44(37-13-14-37)24-45-55(57)68-61(81-43-17-20-79-21-18-43)69-58(45)73-28-40-22-41(73)26-65-40/h5-12,15-16,19,24-25,27,30,32,34,37,40-43,51,56,65,76H,13-14,17-18,20-23,26,28-29,31H2,1-4H3,(H,66,70)(H,67,77)/t34-,40-,41-,42+,51-,56-/m0/s1. The first-order chi connectivity index (χ1) is 39.3. The number of piperazine rings is 1. The number of nitrogens with zero attached hydrogens (tertiary/aromatic N) is 9. The van der Waals surface area contributed by atoms with Gasteiger partial charge in [0.25, 0.3) is 0 Å². The molecule has 8 aromatic rings. The lowest BCUT2D eigenvalue weighted by Crippen LogP contribution is -2.49. The van der Waals surface area contributed by atoms with Crippen LogP contribution < -0.4 is 25.0 Å². The summed E-state index contributed by atoms with van der Waals surface area (Å²) in [5.74, 6) is -0.244. The number of ether oxygens (including phenoxy) is 3. The number of carbonyl (C=O) groups is 2. The molecule has 4 saturated heterocycles. The maximum atomic E-state index is 16.1. The number of nitrogens with one attached hydrogen (secondary N) is 3. The van der Waals surface area contributed by atoms with Crippen molar-refractivity contribution >= 4 is 39.4 Å². The average Bonchev–Trinajstić information content (AvgIpc) is 3.92. The van der Waals surface area contributed by atoms with Crippen LogP contribution in [-0.4, -0.2) is 125 Å². The number of anilines is 1. The van der Waals surface area contributed by atoms with Crippen LogP contribution in [0, 0.1) is 24.5 Å². The molecular formula is C61H64F2N12O6. The lowest BCUT2D eigenvalue weighted by atomic mass is 9.88. The molecule has 0 spiro atoms. The van der Waals surface area contributed by atoms with Gasteiger partial charge >= 0.3 is 6.01 Å². The van der Waals surface area contributed by atoms with Gasteiger partial charge in [0.1, 0.15) is 59.2 Å². The number of pyridine rings is 1. The summed E-state index contributed by atoms with van der Waals surface area (Å²) >= 11 is 0. The largest absolute Gasteiger partial charge is 0.486 e. The van der Waals surface area contributed by atoms with E-state index in [2.05, 4.69) is 47.1 Å². The highest BCUT2D eigenvalue weighted by Gasteiger charge is 2.44. The Bertz CT molecular complexity index is 3680. The number of aliphatic hydroxyl groups is 1. The molecule has 4 aromatic heterocycles. The Morgan fingerprint density at radius 1 is 0.914 bits per heavy atom. The van der Waals surface area contributed by atoms with E-state index in [9.17, 15) is 19.1 Å². The van der Waals surface area contributed by atoms with Gasteiger partial charge in [-0.25, -0.2) is 13.5 Å². The number of hydrogen-bond donors (Lipinski definition) is 4. The van der Waals surface area contributed by atoms with Crippen LogP contribution in [0.5, 0.6) is 11.8 Å². The highest BCUT2D eigenvalue weighted by Crippen LogP contribution is 2.53. The Hall–Kier alpha value is -7.94. The molecule has 4 N–H and O–H groups in total. The van der Waals surface area contributed by atoms with Crippen molar-refractivity contribution in [2.45, 2.75) is 121 Å². The van der Waals surface area contributed by atoms with Crippen molar-refractivity contribution in [2.75, 3.05) is 37.7 Å². The van der Waals surface area contributed by atoms with E-state index in [1.807, 2.05) is 52.0 Å². The van der Waals surface area contributed by atoms with E-state index < -0.39 is 36.0 Å². The van der Waals surface area contributed by atoms with Crippen LogP contribution in [0.1, 0.15) is 99.6 Å². The van der Waals surface area contributed by atoms with E-state index in [0.29, 0.717) is 58.4 Å². The predicted octanol–water partition coefficient (Wildman–Crippen LogP) is 8.68. The highest BCUT2D eigenvalue weighted by atomic mass is 19.1. The molecule has 6 atom stereocenters. The van der Waals surface area contributed by atoms with Crippen LogP contribution in [0.25, 0.3) is 55.4 Å². The molecule has 1 aliphatic carbocycles. The van der Waals surface area contributed by atoms with Crippen molar-refractivity contribution in [3.8, 4) is 45.4 Å². The molecule has 4 aromatic carbocycles. The zero-order chi connectivity index (χ0) is 55.6. The minimum absolute atomic E-state index is 0.0159. The van der Waals surface area contributed by atoms with E-state index in [0.717, 1.165) is 89.6 Å². The number of aromatic amines is 1. The third kappa shape index (κ3) is 10.1. The average molecular weight is 1100 g/mol. The lowest BCUT2D eigenvalue weighted by molar-refractivity contribution is -0.142. The lowest BCUT2D eigenvalue weighted by Gasteiger charge is -2.31. The summed E-state index contributed by atoms with van der Waals surface area (Å²) in [5.41, 5.74) is 7.96. The van der Waals surface area contributed by atoms with Gasteiger partial charge in [0.2, 0.25) is 11.8 Å². The third-order valence-corrected chi connectivity index (χ3v) is 16.9. The smallest absolute Gasteiger partial charge is 0.319 e. The number of carbonyl (C=O) groups excluding carboxylic acids is 2. The topological polar surface area (TPSA) is 211 Å². The first kappa shape index (κ1) is 52.4. The molecule has 0 unspecified atom stereocenters. The van der Waals surface area contributed by atoms with Crippen LogP contribution in [0.15, 0.2) is 91.4 Å². The summed E-state index contributed by atoms with van der Waals surface area (Å²) in [5, 5.41) is 35.6. The molecule has 4 aliphatic heterocycles. The van der Waals surface area contributed by atoms with Gasteiger partial charge in [-0.15, -0.1) is 5.10 Å². The summed E-state index contributed by atoms with van der Waals surface area (Å²) in [4.78, 5) is 47.0. The number of rotatable bonds is 16. The molecule has 13 rings (SSSR count). The van der Waals surface area contributed by atoms with E-state index in [4.69, 9.17) is 24.2 Å². The molecule has 1 saturated carbocycles. The SMILES string of the molecule is Cc1c(F)cc2[nH]ncc2c1-c1c(C2CC2)cc2c(N3C[C@@H]4C[C@H]3CN4)nc(OC3CCOCC3)nc2c1OCc1ccc(-c2cn([C@H](C(=O)N3C[C@H](O)C[C@H]3C(=O)N[C@@H](C)c3ccc(-c4ncccc4F)cc3)C(C)C)nn2)cc1. The van der Waals surface area contributed by atoms with Gasteiger partial charge in [0.05, 0.1) is 43.3 Å². The second-order valence-electron chi connectivity index (χ2n) is 22.8. The molecule has 0 radical (unpaired) electrons. The first-order valence-corrected chi connectivity index (χ1v) is 28.2. The van der Waals surface area contributed by atoms with Crippen molar-refractivity contribution < 1.29 is 37.7 Å². The molecule has 5 aliphatic rings. The summed E-state index contributed by atoms with van der Waals surface area (Å²) in [6, 6.07) is 20.2. The predicted molar refractivity (Wildman–Crippen MR) is 299 cm³/mol. The number of benzene rings is 4. The van der Waals surface area contributed by atoms with Gasteiger partial charge < -0.3 is 39.8 Å². The molecule has 2 bridgehead atoms.